The first-order valence-corrected chi connectivity index (χ1v) is 9.29. The number of nitrogens with one attached hydrogen (secondary N) is 2. The summed E-state index contributed by atoms with van der Waals surface area (Å²) in [5.74, 6) is 0.405. The average molecular weight is 403 g/mol. The molecule has 30 heavy (non-hydrogen) atoms. The molecular formula is C22H18FN5O2. The quantitative estimate of drug-likeness (QED) is 0.459. The molecule has 0 amide bonds. The van der Waals surface area contributed by atoms with Gasteiger partial charge in [-0.05, 0) is 56.3 Å². The predicted molar refractivity (Wildman–Crippen MR) is 111 cm³/mol. The van der Waals surface area contributed by atoms with Gasteiger partial charge in [0, 0.05) is 22.3 Å². The number of ether oxygens (including phenoxy) is 2. The fourth-order valence-electron chi connectivity index (χ4n) is 3.05. The van der Waals surface area contributed by atoms with Crippen molar-refractivity contribution in [2.24, 2.45) is 0 Å². The fraction of sp³-hybridized carbons (Fsp3) is 0.136. The van der Waals surface area contributed by atoms with Crippen molar-refractivity contribution in [3.8, 4) is 23.4 Å². The van der Waals surface area contributed by atoms with Gasteiger partial charge in [-0.3, -0.25) is 0 Å². The van der Waals surface area contributed by atoms with Gasteiger partial charge in [0.15, 0.2) is 22.9 Å². The van der Waals surface area contributed by atoms with Crippen molar-refractivity contribution in [1.82, 2.24) is 15.0 Å². The van der Waals surface area contributed by atoms with Crippen LogP contribution in [-0.2, 0) is 0 Å². The van der Waals surface area contributed by atoms with Crippen LogP contribution in [0.5, 0.6) is 17.4 Å². The van der Waals surface area contributed by atoms with Crippen LogP contribution < -0.4 is 14.8 Å². The van der Waals surface area contributed by atoms with E-state index in [9.17, 15) is 9.65 Å². The van der Waals surface area contributed by atoms with Gasteiger partial charge in [0.1, 0.15) is 18.1 Å². The number of hydrogen-bond acceptors (Lipinski definition) is 6. The van der Waals surface area contributed by atoms with Crippen molar-refractivity contribution in [1.29, 1.82) is 5.26 Å². The molecular weight excluding hydrogens is 385 g/mol. The normalized spacial score (nSPS) is 10.6. The van der Waals surface area contributed by atoms with E-state index >= 15 is 0 Å². The number of aromatic amines is 1. The summed E-state index contributed by atoms with van der Waals surface area (Å²) in [6.07, 6.45) is 1.25. The third kappa shape index (κ3) is 3.73. The van der Waals surface area contributed by atoms with Gasteiger partial charge >= 0.3 is 0 Å². The summed E-state index contributed by atoms with van der Waals surface area (Å²) in [7, 11) is 0. The molecule has 4 rings (SSSR count). The second kappa shape index (κ2) is 8.09. The number of nitrogens with zero attached hydrogens (tertiary/aromatic N) is 3. The van der Waals surface area contributed by atoms with Gasteiger partial charge in [-0.1, -0.05) is 0 Å². The molecule has 7 nitrogen and oxygen atoms in total. The molecule has 0 bridgehead atoms. The number of H-pyrrole nitrogens is 1. The zero-order valence-corrected chi connectivity index (χ0v) is 16.4. The Morgan fingerprint density at radius 1 is 1.17 bits per heavy atom. The maximum Gasteiger partial charge on any atom is 0.242 e. The summed E-state index contributed by atoms with van der Waals surface area (Å²) in [5, 5.41) is 13.1. The van der Waals surface area contributed by atoms with Gasteiger partial charge in [-0.2, -0.15) is 5.26 Å². The molecule has 0 spiro atoms. The Balaban J connectivity index is 1.64. The van der Waals surface area contributed by atoms with Crippen molar-refractivity contribution >= 4 is 22.4 Å². The Bertz CT molecular complexity index is 1250. The number of rotatable bonds is 6. The lowest BCUT2D eigenvalue weighted by molar-refractivity contribution is 0.340. The first kappa shape index (κ1) is 19.2. The molecule has 0 aliphatic rings. The predicted octanol–water partition coefficient (Wildman–Crippen LogP) is 5.21. The Kier molecular flexibility index (Phi) is 5.18. The summed E-state index contributed by atoms with van der Waals surface area (Å²) >= 11 is 0. The van der Waals surface area contributed by atoms with E-state index in [2.05, 4.69) is 20.3 Å². The molecule has 0 aliphatic heterocycles. The topological polar surface area (TPSA) is 95.8 Å². The summed E-state index contributed by atoms with van der Waals surface area (Å²) < 4.78 is 25.9. The number of aryl methyl sites for hydroxylation is 1. The van der Waals surface area contributed by atoms with E-state index in [1.165, 1.54) is 12.4 Å². The first-order valence-electron chi connectivity index (χ1n) is 9.29. The SMILES string of the molecule is CCOc1ccc(Nc2ncnc(Oc3ccc4[nH]c(C)cc4c3F)c2C#N)cc1. The Hall–Kier alpha value is -4.12. The molecule has 0 unspecified atom stereocenters. The highest BCUT2D eigenvalue weighted by molar-refractivity contribution is 5.83. The lowest BCUT2D eigenvalue weighted by Crippen LogP contribution is -2.02. The third-order valence-corrected chi connectivity index (χ3v) is 4.40. The van der Waals surface area contributed by atoms with Crippen molar-refractivity contribution in [2.45, 2.75) is 13.8 Å². The standard InChI is InChI=1S/C22H18FN5O2/c1-3-29-15-6-4-14(5-7-15)28-21-17(11-24)22(26-12-25-21)30-19-9-8-18-16(20(19)23)10-13(2)27-18/h4-10,12,27H,3H2,1-2H3,(H,25,26,28). The summed E-state index contributed by atoms with van der Waals surface area (Å²) in [6, 6.07) is 14.2. The fourth-order valence-corrected chi connectivity index (χ4v) is 3.05. The first-order chi connectivity index (χ1) is 14.6. The van der Waals surface area contributed by atoms with E-state index in [1.807, 2.05) is 19.9 Å². The molecule has 0 saturated heterocycles. The molecule has 150 valence electrons. The van der Waals surface area contributed by atoms with E-state index in [0.29, 0.717) is 23.2 Å². The zero-order chi connectivity index (χ0) is 21.1. The van der Waals surface area contributed by atoms with Gasteiger partial charge in [0.2, 0.25) is 5.88 Å². The minimum absolute atomic E-state index is 0.0243. The molecule has 0 saturated carbocycles. The highest BCUT2D eigenvalue weighted by Gasteiger charge is 2.17. The van der Waals surface area contributed by atoms with E-state index in [1.54, 1.807) is 36.4 Å². The van der Waals surface area contributed by atoms with Crippen molar-refractivity contribution in [3.05, 3.63) is 65.9 Å². The van der Waals surface area contributed by atoms with Crippen LogP contribution in [0.1, 0.15) is 18.2 Å². The number of benzene rings is 2. The molecule has 4 aromatic rings. The second-order valence-corrected chi connectivity index (χ2v) is 6.49. The average Bonchev–Trinajstić information content (AvgIpc) is 3.13. The van der Waals surface area contributed by atoms with Crippen LogP contribution in [-0.4, -0.2) is 21.6 Å². The monoisotopic (exact) mass is 403 g/mol. The number of fused-ring (bicyclic) bond motifs is 1. The smallest absolute Gasteiger partial charge is 0.242 e. The zero-order valence-electron chi connectivity index (χ0n) is 16.4. The number of hydrogen-bond donors (Lipinski definition) is 2. The van der Waals surface area contributed by atoms with Crippen LogP contribution in [0.4, 0.5) is 15.9 Å². The summed E-state index contributed by atoms with van der Waals surface area (Å²) in [5.41, 5.74) is 2.27. The van der Waals surface area contributed by atoms with Crippen LogP contribution in [0.3, 0.4) is 0 Å². The van der Waals surface area contributed by atoms with Gasteiger partial charge in [0.05, 0.1) is 6.61 Å². The highest BCUT2D eigenvalue weighted by Crippen LogP contribution is 2.33. The largest absolute Gasteiger partial charge is 0.494 e. The van der Waals surface area contributed by atoms with Gasteiger partial charge in [-0.15, -0.1) is 0 Å². The minimum Gasteiger partial charge on any atom is -0.494 e. The molecule has 0 atom stereocenters. The lowest BCUT2D eigenvalue weighted by atomic mass is 10.2. The van der Waals surface area contributed by atoms with Crippen molar-refractivity contribution in [3.63, 3.8) is 0 Å². The minimum atomic E-state index is -0.527. The Labute approximate surface area is 172 Å². The molecule has 2 N–H and O–H groups in total. The Morgan fingerprint density at radius 3 is 2.70 bits per heavy atom. The van der Waals surface area contributed by atoms with Crippen LogP contribution in [0, 0.1) is 24.1 Å². The van der Waals surface area contributed by atoms with E-state index in [-0.39, 0.29) is 23.0 Å². The molecule has 2 aromatic heterocycles. The molecule has 0 fully saturated rings. The molecule has 0 radical (unpaired) electrons. The third-order valence-electron chi connectivity index (χ3n) is 4.40. The highest BCUT2D eigenvalue weighted by atomic mass is 19.1. The molecule has 2 aromatic carbocycles. The van der Waals surface area contributed by atoms with Crippen LogP contribution in [0.25, 0.3) is 10.9 Å². The molecule has 8 heteroatoms. The van der Waals surface area contributed by atoms with Crippen LogP contribution in [0.2, 0.25) is 0 Å². The number of aromatic nitrogens is 3. The molecule has 2 heterocycles. The van der Waals surface area contributed by atoms with Crippen LogP contribution >= 0.6 is 0 Å². The molecule has 0 aliphatic carbocycles. The number of nitriles is 1. The van der Waals surface area contributed by atoms with E-state index in [4.69, 9.17) is 9.47 Å². The number of halogens is 1. The van der Waals surface area contributed by atoms with Gasteiger partial charge < -0.3 is 19.8 Å². The summed E-state index contributed by atoms with van der Waals surface area (Å²) in [6.45, 7) is 4.32. The van der Waals surface area contributed by atoms with Gasteiger partial charge in [-0.25, -0.2) is 14.4 Å². The van der Waals surface area contributed by atoms with Crippen LogP contribution in [0.15, 0.2) is 48.8 Å². The van der Waals surface area contributed by atoms with Crippen molar-refractivity contribution in [2.75, 3.05) is 11.9 Å². The van der Waals surface area contributed by atoms with Crippen molar-refractivity contribution < 1.29 is 13.9 Å². The second-order valence-electron chi connectivity index (χ2n) is 6.49. The van der Waals surface area contributed by atoms with Gasteiger partial charge in [0.25, 0.3) is 0 Å². The van der Waals surface area contributed by atoms with E-state index < -0.39 is 5.82 Å². The van der Waals surface area contributed by atoms with E-state index in [0.717, 1.165) is 11.4 Å². The maximum atomic E-state index is 14.9. The maximum absolute atomic E-state index is 14.9. The lowest BCUT2D eigenvalue weighted by Gasteiger charge is -2.12. The number of anilines is 2. The summed E-state index contributed by atoms with van der Waals surface area (Å²) in [4.78, 5) is 11.2. The Morgan fingerprint density at radius 2 is 1.97 bits per heavy atom.